The number of hydrogen-bond donors (Lipinski definition) is 0. The second-order valence-electron chi connectivity index (χ2n) is 2.76. The Labute approximate surface area is 92.7 Å². The molecule has 13 heavy (non-hydrogen) atoms. The molecule has 0 aliphatic carbocycles. The Kier molecular flexibility index (Phi) is 4.33. The van der Waals surface area contributed by atoms with Gasteiger partial charge in [0, 0.05) is 10.6 Å². The van der Waals surface area contributed by atoms with Crippen LogP contribution in [0, 0.1) is 6.92 Å². The highest BCUT2D eigenvalue weighted by atomic mass is 35.5. The number of halogens is 3. The second kappa shape index (κ2) is 5.06. The molecule has 1 nitrogen and oxygen atoms in total. The number of alkyl halides is 1. The van der Waals surface area contributed by atoms with E-state index in [1.807, 2.05) is 25.1 Å². The molecule has 0 saturated heterocycles. The molecule has 0 aliphatic rings. The highest BCUT2D eigenvalue weighted by molar-refractivity contribution is 6.31. The maximum atomic E-state index is 5.98. The van der Waals surface area contributed by atoms with E-state index >= 15 is 0 Å². The summed E-state index contributed by atoms with van der Waals surface area (Å²) < 4.78 is 4.66. The number of rotatable bonds is 3. The normalized spacial score (nSPS) is 12.9. The number of aryl methyl sites for hydroxylation is 1. The average molecular weight is 240 g/mol. The number of benzene rings is 1. The Hall–Kier alpha value is 0.0500. The first-order valence-corrected chi connectivity index (χ1v) is 5.00. The predicted octanol–water partition coefficient (Wildman–Crippen LogP) is 4.10. The fourth-order valence-corrected chi connectivity index (χ4v) is 1.86. The zero-order valence-corrected chi connectivity index (χ0v) is 9.33. The van der Waals surface area contributed by atoms with Crippen LogP contribution in [0.4, 0.5) is 0 Å². The van der Waals surface area contributed by atoms with Gasteiger partial charge in [-0.3, -0.25) is 4.29 Å². The maximum absolute atomic E-state index is 5.98. The van der Waals surface area contributed by atoms with Gasteiger partial charge in [-0.05, 0) is 18.6 Å². The van der Waals surface area contributed by atoms with Crippen LogP contribution in [-0.4, -0.2) is 5.88 Å². The van der Waals surface area contributed by atoms with E-state index in [0.29, 0.717) is 5.02 Å². The Balaban J connectivity index is 2.99. The van der Waals surface area contributed by atoms with Crippen molar-refractivity contribution in [2.24, 2.45) is 0 Å². The number of hydrogen-bond acceptors (Lipinski definition) is 1. The Bertz CT molecular complexity index is 284. The molecular formula is C9H9Cl3O. The zero-order valence-electron chi connectivity index (χ0n) is 7.06. The van der Waals surface area contributed by atoms with Crippen LogP contribution in [-0.2, 0) is 4.29 Å². The van der Waals surface area contributed by atoms with Gasteiger partial charge in [-0.25, -0.2) is 0 Å². The van der Waals surface area contributed by atoms with E-state index < -0.39 is 0 Å². The van der Waals surface area contributed by atoms with E-state index in [0.717, 1.165) is 11.1 Å². The lowest BCUT2D eigenvalue weighted by Crippen LogP contribution is -2.01. The minimum absolute atomic E-state index is 0.284. The van der Waals surface area contributed by atoms with Crippen LogP contribution in [0.2, 0.25) is 5.02 Å². The summed E-state index contributed by atoms with van der Waals surface area (Å²) in [6.07, 6.45) is -0.351. The minimum Gasteiger partial charge on any atom is -0.270 e. The third kappa shape index (κ3) is 2.75. The van der Waals surface area contributed by atoms with Crippen LogP contribution in [0.5, 0.6) is 0 Å². The Morgan fingerprint density at radius 1 is 1.46 bits per heavy atom. The smallest absolute Gasteiger partial charge is 0.119 e. The summed E-state index contributed by atoms with van der Waals surface area (Å²) in [5.41, 5.74) is 1.91. The van der Waals surface area contributed by atoms with Crippen LogP contribution >= 0.6 is 35.1 Å². The molecule has 0 spiro atoms. The quantitative estimate of drug-likeness (QED) is 0.722. The monoisotopic (exact) mass is 238 g/mol. The molecule has 1 aromatic rings. The first kappa shape index (κ1) is 11.1. The molecule has 0 N–H and O–H groups in total. The van der Waals surface area contributed by atoms with Gasteiger partial charge in [0.25, 0.3) is 0 Å². The highest BCUT2D eigenvalue weighted by Gasteiger charge is 2.13. The Morgan fingerprint density at radius 2 is 2.15 bits per heavy atom. The minimum atomic E-state index is -0.351. The fraction of sp³-hybridized carbons (Fsp3) is 0.333. The molecule has 72 valence electrons. The predicted molar refractivity (Wildman–Crippen MR) is 56.6 cm³/mol. The molecule has 0 radical (unpaired) electrons. The first-order valence-electron chi connectivity index (χ1n) is 3.78. The van der Waals surface area contributed by atoms with Gasteiger partial charge in [-0.2, -0.15) is 0 Å². The maximum Gasteiger partial charge on any atom is 0.119 e. The summed E-state index contributed by atoms with van der Waals surface area (Å²) in [6.45, 7) is 1.97. The molecule has 1 unspecified atom stereocenters. The summed E-state index contributed by atoms with van der Waals surface area (Å²) in [7, 11) is 0. The van der Waals surface area contributed by atoms with Crippen molar-refractivity contribution < 1.29 is 4.29 Å². The van der Waals surface area contributed by atoms with Crippen molar-refractivity contribution in [1.29, 1.82) is 0 Å². The summed E-state index contributed by atoms with van der Waals surface area (Å²) >= 11 is 16.9. The van der Waals surface area contributed by atoms with Gasteiger partial charge >= 0.3 is 0 Å². The topological polar surface area (TPSA) is 9.23 Å². The van der Waals surface area contributed by atoms with E-state index in [4.69, 9.17) is 35.1 Å². The molecule has 1 atom stereocenters. The van der Waals surface area contributed by atoms with Crippen molar-refractivity contribution >= 4 is 35.1 Å². The first-order chi connectivity index (χ1) is 6.19. The van der Waals surface area contributed by atoms with Crippen LogP contribution < -0.4 is 0 Å². The van der Waals surface area contributed by atoms with E-state index in [1.54, 1.807) is 0 Å². The standard InChI is InChI=1S/C9H9Cl3O/c1-6-2-3-7(8(11)4-6)9(5-10)13-12/h2-4,9H,5H2,1H3. The molecule has 0 aliphatic heterocycles. The van der Waals surface area contributed by atoms with Crippen molar-refractivity contribution in [1.82, 2.24) is 0 Å². The fourth-order valence-electron chi connectivity index (χ4n) is 1.05. The third-order valence-corrected chi connectivity index (χ3v) is 2.57. The van der Waals surface area contributed by atoms with Gasteiger partial charge in [0.15, 0.2) is 0 Å². The molecule has 0 aromatic heterocycles. The zero-order chi connectivity index (χ0) is 9.84. The molecular weight excluding hydrogens is 230 g/mol. The van der Waals surface area contributed by atoms with Gasteiger partial charge in [0.05, 0.1) is 17.7 Å². The molecule has 0 saturated carbocycles. The summed E-state index contributed by atoms with van der Waals surface area (Å²) in [6, 6.07) is 5.66. The summed E-state index contributed by atoms with van der Waals surface area (Å²) in [4.78, 5) is 0. The molecule has 0 fully saturated rings. The molecule has 4 heteroatoms. The van der Waals surface area contributed by atoms with Crippen molar-refractivity contribution in [3.8, 4) is 0 Å². The van der Waals surface area contributed by atoms with E-state index in [-0.39, 0.29) is 12.0 Å². The van der Waals surface area contributed by atoms with Crippen molar-refractivity contribution in [2.45, 2.75) is 13.0 Å². The summed E-state index contributed by atoms with van der Waals surface area (Å²) in [5, 5.41) is 0.631. The second-order valence-corrected chi connectivity index (χ2v) is 3.65. The molecule has 0 bridgehead atoms. The average Bonchev–Trinajstić information content (AvgIpc) is 2.10. The van der Waals surface area contributed by atoms with Gasteiger partial charge < -0.3 is 0 Å². The lowest BCUT2D eigenvalue weighted by molar-refractivity contribution is 0.256. The van der Waals surface area contributed by atoms with Crippen LogP contribution in [0.3, 0.4) is 0 Å². The largest absolute Gasteiger partial charge is 0.270 e. The van der Waals surface area contributed by atoms with Crippen molar-refractivity contribution in [3.05, 3.63) is 34.3 Å². The van der Waals surface area contributed by atoms with Gasteiger partial charge in [-0.15, -0.1) is 11.6 Å². The molecule has 1 aromatic carbocycles. The van der Waals surface area contributed by atoms with Gasteiger partial charge in [0.2, 0.25) is 0 Å². The van der Waals surface area contributed by atoms with E-state index in [9.17, 15) is 0 Å². The van der Waals surface area contributed by atoms with Gasteiger partial charge in [-0.1, -0.05) is 23.7 Å². The van der Waals surface area contributed by atoms with E-state index in [1.165, 1.54) is 0 Å². The third-order valence-electron chi connectivity index (χ3n) is 1.75. The van der Waals surface area contributed by atoms with Crippen LogP contribution in [0.1, 0.15) is 17.2 Å². The lowest BCUT2D eigenvalue weighted by Gasteiger charge is -2.12. The molecule has 0 amide bonds. The van der Waals surface area contributed by atoms with Crippen molar-refractivity contribution in [3.63, 3.8) is 0 Å². The summed E-state index contributed by atoms with van der Waals surface area (Å²) in [5.74, 6) is 0.284. The highest BCUT2D eigenvalue weighted by Crippen LogP contribution is 2.28. The van der Waals surface area contributed by atoms with Crippen LogP contribution in [0.15, 0.2) is 18.2 Å². The molecule has 0 heterocycles. The van der Waals surface area contributed by atoms with E-state index in [2.05, 4.69) is 4.29 Å². The Morgan fingerprint density at radius 3 is 2.62 bits per heavy atom. The molecule has 1 rings (SSSR count). The van der Waals surface area contributed by atoms with Crippen molar-refractivity contribution in [2.75, 3.05) is 5.88 Å². The van der Waals surface area contributed by atoms with Crippen LogP contribution in [0.25, 0.3) is 0 Å². The van der Waals surface area contributed by atoms with Gasteiger partial charge in [0.1, 0.15) is 6.10 Å². The SMILES string of the molecule is Cc1ccc(C(CCl)OCl)c(Cl)c1. The lowest BCUT2D eigenvalue weighted by atomic mass is 10.1.